The molecule has 0 aliphatic rings. The molecule has 1 heterocycles. The molecule has 1 amide bonds. The molecule has 4 N–H and O–H groups in total. The van der Waals surface area contributed by atoms with Crippen molar-refractivity contribution < 1.29 is 4.79 Å². The van der Waals surface area contributed by atoms with E-state index in [4.69, 9.17) is 0 Å². The van der Waals surface area contributed by atoms with Gasteiger partial charge in [-0.1, -0.05) is 24.3 Å². The molecular weight excluding hydrogens is 441 g/mol. The lowest BCUT2D eigenvalue weighted by Crippen LogP contribution is -2.40. The molecule has 0 saturated carbocycles. The minimum atomic E-state index is -0.0914. The molecule has 1 aromatic carbocycles. The first-order chi connectivity index (χ1) is 12.1. The highest BCUT2D eigenvalue weighted by molar-refractivity contribution is 14.0. The van der Waals surface area contributed by atoms with Gasteiger partial charge in [-0.3, -0.25) is 4.79 Å². The van der Waals surface area contributed by atoms with Crippen LogP contribution in [0.4, 0.5) is 0 Å². The van der Waals surface area contributed by atoms with E-state index in [0.717, 1.165) is 18.5 Å². The molecule has 0 saturated heterocycles. The first kappa shape index (κ1) is 22.0. The zero-order valence-corrected chi connectivity index (χ0v) is 17.7. The van der Waals surface area contributed by atoms with Crippen LogP contribution >= 0.6 is 24.0 Å². The van der Waals surface area contributed by atoms with Crippen LogP contribution in [-0.2, 0) is 11.2 Å². The standard InChI is InChI=1S/C19H27N5O.HI/c1-4-10-20-19(23-13-18(25)24-14(2)3)21-11-9-15-12-22-17-8-6-5-7-16(15)17;/h4-8,12,14,22H,1,9-11,13H2,2-3H3,(H,24,25)(H2,20,21,23);1H. The average Bonchev–Trinajstić information content (AvgIpc) is 2.99. The van der Waals surface area contributed by atoms with Crippen molar-refractivity contribution in [2.75, 3.05) is 19.6 Å². The maximum atomic E-state index is 11.7. The number of fused-ring (bicyclic) bond motifs is 1. The van der Waals surface area contributed by atoms with Crippen molar-refractivity contribution in [1.29, 1.82) is 0 Å². The minimum absolute atomic E-state index is 0. The molecule has 0 radical (unpaired) electrons. The highest BCUT2D eigenvalue weighted by atomic mass is 127. The van der Waals surface area contributed by atoms with E-state index < -0.39 is 0 Å². The molecule has 0 fully saturated rings. The Morgan fingerprint density at radius 3 is 2.81 bits per heavy atom. The zero-order valence-electron chi connectivity index (χ0n) is 15.3. The predicted molar refractivity (Wildman–Crippen MR) is 119 cm³/mol. The van der Waals surface area contributed by atoms with Crippen molar-refractivity contribution in [2.45, 2.75) is 26.3 Å². The number of aromatic nitrogens is 1. The highest BCUT2D eigenvalue weighted by Crippen LogP contribution is 2.17. The molecule has 0 unspecified atom stereocenters. The van der Waals surface area contributed by atoms with Crippen molar-refractivity contribution in [1.82, 2.24) is 20.9 Å². The number of guanidine groups is 1. The van der Waals surface area contributed by atoms with Crippen LogP contribution < -0.4 is 16.0 Å². The van der Waals surface area contributed by atoms with E-state index in [0.29, 0.717) is 12.5 Å². The van der Waals surface area contributed by atoms with Crippen LogP contribution in [0.1, 0.15) is 19.4 Å². The van der Waals surface area contributed by atoms with Crippen molar-refractivity contribution >= 4 is 46.7 Å². The Morgan fingerprint density at radius 1 is 1.31 bits per heavy atom. The fourth-order valence-electron chi connectivity index (χ4n) is 2.52. The summed E-state index contributed by atoms with van der Waals surface area (Å²) in [6, 6.07) is 8.36. The number of carbonyl (C=O) groups excluding carboxylic acids is 1. The Kier molecular flexibility index (Phi) is 9.79. The van der Waals surface area contributed by atoms with Gasteiger partial charge in [0.1, 0.15) is 6.54 Å². The molecule has 142 valence electrons. The smallest absolute Gasteiger partial charge is 0.242 e. The molecule has 6 nitrogen and oxygen atoms in total. The van der Waals surface area contributed by atoms with Gasteiger partial charge >= 0.3 is 0 Å². The number of para-hydroxylation sites is 1. The summed E-state index contributed by atoms with van der Waals surface area (Å²) >= 11 is 0. The maximum Gasteiger partial charge on any atom is 0.242 e. The summed E-state index contributed by atoms with van der Waals surface area (Å²) < 4.78 is 0. The van der Waals surface area contributed by atoms with E-state index in [1.807, 2.05) is 32.2 Å². The number of amides is 1. The van der Waals surface area contributed by atoms with Gasteiger partial charge in [-0.25, -0.2) is 4.99 Å². The molecule has 7 heteroatoms. The zero-order chi connectivity index (χ0) is 18.1. The summed E-state index contributed by atoms with van der Waals surface area (Å²) in [6.07, 6.45) is 4.65. The number of aromatic amines is 1. The van der Waals surface area contributed by atoms with E-state index >= 15 is 0 Å². The van der Waals surface area contributed by atoms with E-state index in [2.05, 4.69) is 44.6 Å². The van der Waals surface area contributed by atoms with Crippen molar-refractivity contribution in [3.05, 3.63) is 48.7 Å². The summed E-state index contributed by atoms with van der Waals surface area (Å²) in [7, 11) is 0. The molecular formula is C19H28IN5O. The second-order valence-electron chi connectivity index (χ2n) is 6.09. The number of nitrogens with one attached hydrogen (secondary N) is 4. The minimum Gasteiger partial charge on any atom is -0.361 e. The molecule has 0 bridgehead atoms. The van der Waals surface area contributed by atoms with Gasteiger partial charge < -0.3 is 20.9 Å². The fourth-order valence-corrected chi connectivity index (χ4v) is 2.52. The van der Waals surface area contributed by atoms with Crippen LogP contribution in [0.15, 0.2) is 48.1 Å². The highest BCUT2D eigenvalue weighted by Gasteiger charge is 2.05. The normalized spacial score (nSPS) is 11.1. The van der Waals surface area contributed by atoms with Crippen molar-refractivity contribution in [3.63, 3.8) is 0 Å². The summed E-state index contributed by atoms with van der Waals surface area (Å²) in [6.45, 7) is 8.95. The monoisotopic (exact) mass is 469 g/mol. The van der Waals surface area contributed by atoms with Gasteiger partial charge in [0.05, 0.1) is 0 Å². The average molecular weight is 469 g/mol. The number of benzene rings is 1. The molecule has 0 aliphatic carbocycles. The lowest BCUT2D eigenvalue weighted by Gasteiger charge is -2.12. The molecule has 26 heavy (non-hydrogen) atoms. The van der Waals surface area contributed by atoms with Gasteiger partial charge in [0.2, 0.25) is 5.91 Å². The quantitative estimate of drug-likeness (QED) is 0.208. The summed E-state index contributed by atoms with van der Waals surface area (Å²) in [5.41, 5.74) is 2.39. The van der Waals surface area contributed by atoms with Gasteiger partial charge in [-0.05, 0) is 31.9 Å². The summed E-state index contributed by atoms with van der Waals surface area (Å²) in [5, 5.41) is 10.5. The Hall–Kier alpha value is -2.03. The Morgan fingerprint density at radius 2 is 2.08 bits per heavy atom. The van der Waals surface area contributed by atoms with Gasteiger partial charge in [-0.15, -0.1) is 30.6 Å². The molecule has 1 aromatic heterocycles. The second kappa shape index (κ2) is 11.6. The number of hydrogen-bond acceptors (Lipinski definition) is 2. The third-order valence-corrected chi connectivity index (χ3v) is 3.61. The first-order valence-corrected chi connectivity index (χ1v) is 8.57. The predicted octanol–water partition coefficient (Wildman–Crippen LogP) is 2.57. The number of halogens is 1. The third kappa shape index (κ3) is 7.07. The van der Waals surface area contributed by atoms with Gasteiger partial charge in [-0.2, -0.15) is 0 Å². The van der Waals surface area contributed by atoms with Gasteiger partial charge in [0.25, 0.3) is 0 Å². The van der Waals surface area contributed by atoms with Gasteiger partial charge in [0, 0.05) is 36.2 Å². The fraction of sp³-hybridized carbons (Fsp3) is 0.368. The number of nitrogens with zero attached hydrogens (tertiary/aromatic N) is 1. The Balaban J connectivity index is 0.00000338. The van der Waals surface area contributed by atoms with Crippen LogP contribution in [-0.4, -0.2) is 42.5 Å². The summed E-state index contributed by atoms with van der Waals surface area (Å²) in [5.74, 6) is 0.518. The van der Waals surface area contributed by atoms with Crippen molar-refractivity contribution in [2.24, 2.45) is 4.99 Å². The number of rotatable bonds is 8. The van der Waals surface area contributed by atoms with E-state index in [1.165, 1.54) is 10.9 Å². The van der Waals surface area contributed by atoms with Crippen LogP contribution in [0.5, 0.6) is 0 Å². The molecule has 2 aromatic rings. The number of carbonyl (C=O) groups is 1. The number of H-pyrrole nitrogens is 1. The molecule has 0 spiro atoms. The van der Waals surface area contributed by atoms with Crippen LogP contribution in [0, 0.1) is 0 Å². The summed E-state index contributed by atoms with van der Waals surface area (Å²) in [4.78, 5) is 19.3. The SMILES string of the molecule is C=CCNC(=NCC(=O)NC(C)C)NCCc1c[nH]c2ccccc12.I. The number of aliphatic imine (C=N–C) groups is 1. The Labute approximate surface area is 171 Å². The largest absolute Gasteiger partial charge is 0.361 e. The van der Waals surface area contributed by atoms with Crippen LogP contribution in [0.3, 0.4) is 0 Å². The number of hydrogen-bond donors (Lipinski definition) is 4. The first-order valence-electron chi connectivity index (χ1n) is 8.57. The second-order valence-corrected chi connectivity index (χ2v) is 6.09. The van der Waals surface area contributed by atoms with Gasteiger partial charge in [0.15, 0.2) is 5.96 Å². The van der Waals surface area contributed by atoms with E-state index in [-0.39, 0.29) is 42.5 Å². The Bertz CT molecular complexity index is 738. The maximum absolute atomic E-state index is 11.7. The van der Waals surface area contributed by atoms with Crippen molar-refractivity contribution in [3.8, 4) is 0 Å². The lowest BCUT2D eigenvalue weighted by atomic mass is 10.1. The van der Waals surface area contributed by atoms with Crippen LogP contribution in [0.25, 0.3) is 10.9 Å². The molecule has 2 rings (SSSR count). The molecule has 0 aliphatic heterocycles. The topological polar surface area (TPSA) is 81.3 Å². The van der Waals surface area contributed by atoms with Crippen LogP contribution in [0.2, 0.25) is 0 Å². The van der Waals surface area contributed by atoms with E-state index in [9.17, 15) is 4.79 Å². The molecule has 0 atom stereocenters. The third-order valence-electron chi connectivity index (χ3n) is 3.61. The lowest BCUT2D eigenvalue weighted by molar-refractivity contribution is -0.120. The van der Waals surface area contributed by atoms with E-state index in [1.54, 1.807) is 6.08 Å².